The number of alkyl halides is 1. The van der Waals surface area contributed by atoms with Gasteiger partial charge in [0.25, 0.3) is 0 Å². The van der Waals surface area contributed by atoms with E-state index >= 15 is 0 Å². The fourth-order valence-electron chi connectivity index (χ4n) is 2.61. The average molecular weight is 424 g/mol. The Labute approximate surface area is 171 Å². The van der Waals surface area contributed by atoms with E-state index in [1.165, 1.54) is 16.2 Å². The summed E-state index contributed by atoms with van der Waals surface area (Å²) in [6, 6.07) is 3.70. The maximum atomic E-state index is 13.6. The van der Waals surface area contributed by atoms with Gasteiger partial charge >= 0.3 is 0 Å². The lowest BCUT2D eigenvalue weighted by atomic mass is 10.3. The summed E-state index contributed by atoms with van der Waals surface area (Å²) < 4.78 is 13.6. The van der Waals surface area contributed by atoms with Crippen LogP contribution in [-0.4, -0.2) is 39.6 Å². The molecule has 0 N–H and O–H groups in total. The van der Waals surface area contributed by atoms with Gasteiger partial charge in [-0.15, -0.1) is 6.42 Å². The van der Waals surface area contributed by atoms with Crippen molar-refractivity contribution in [1.82, 2.24) is 9.97 Å². The minimum Gasteiger partial charge on any atom is -0.289 e. The minimum atomic E-state index is -1.02. The molecular formula is C19H19ClFN3OS2. The summed E-state index contributed by atoms with van der Waals surface area (Å²) in [7, 11) is 0. The van der Waals surface area contributed by atoms with Crippen LogP contribution in [-0.2, 0) is 4.79 Å². The summed E-state index contributed by atoms with van der Waals surface area (Å²) in [4.78, 5) is 22.6. The fraction of sp³-hybridized carbons (Fsp3) is 0.421. The van der Waals surface area contributed by atoms with E-state index in [1.54, 1.807) is 31.1 Å². The van der Waals surface area contributed by atoms with Crippen LogP contribution in [0.1, 0.15) is 19.8 Å². The van der Waals surface area contributed by atoms with Crippen LogP contribution >= 0.6 is 34.7 Å². The third-order valence-corrected chi connectivity index (χ3v) is 7.02. The van der Waals surface area contributed by atoms with Gasteiger partial charge in [-0.1, -0.05) is 28.9 Å². The fourth-order valence-corrected chi connectivity index (χ4v) is 5.17. The molecule has 0 spiro atoms. The van der Waals surface area contributed by atoms with E-state index in [0.717, 1.165) is 11.3 Å². The number of aromatic nitrogens is 2. The number of halogens is 2. The molecule has 2 aromatic rings. The molecule has 27 heavy (non-hydrogen) atoms. The first kappa shape index (κ1) is 20.1. The minimum absolute atomic E-state index is 0.109. The number of amides is 1. The summed E-state index contributed by atoms with van der Waals surface area (Å²) in [6.07, 6.45) is 9.75. The predicted octanol–water partition coefficient (Wildman–Crippen LogP) is 4.70. The van der Waals surface area contributed by atoms with Gasteiger partial charge < -0.3 is 0 Å². The number of nitrogens with zero attached hydrogens (tertiary/aromatic N) is 3. The number of thioether (sulfide) groups is 1. The topological polar surface area (TPSA) is 46.1 Å². The van der Waals surface area contributed by atoms with Gasteiger partial charge in [-0.25, -0.2) is 9.37 Å². The van der Waals surface area contributed by atoms with Gasteiger partial charge in [-0.05, 0) is 31.2 Å². The van der Waals surface area contributed by atoms with Crippen LogP contribution in [0.15, 0.2) is 24.5 Å². The Morgan fingerprint density at radius 1 is 1.63 bits per heavy atom. The first-order valence-electron chi connectivity index (χ1n) is 8.49. The normalized spacial score (nSPS) is 20.9. The Balaban J connectivity index is 1.63. The first-order valence-corrected chi connectivity index (χ1v) is 10.8. The highest BCUT2D eigenvalue weighted by atomic mass is 35.5. The number of pyridine rings is 1. The molecule has 0 aromatic carbocycles. The van der Waals surface area contributed by atoms with E-state index in [9.17, 15) is 9.18 Å². The van der Waals surface area contributed by atoms with Crippen molar-refractivity contribution in [3.8, 4) is 22.9 Å². The van der Waals surface area contributed by atoms with E-state index in [1.807, 2.05) is 12.1 Å². The van der Waals surface area contributed by atoms with Crippen molar-refractivity contribution in [2.24, 2.45) is 5.92 Å². The van der Waals surface area contributed by atoms with E-state index in [4.69, 9.17) is 18.0 Å². The zero-order valence-corrected chi connectivity index (χ0v) is 17.2. The predicted molar refractivity (Wildman–Crippen MR) is 111 cm³/mol. The number of hydrogen-bond acceptors (Lipinski definition) is 5. The van der Waals surface area contributed by atoms with E-state index in [-0.39, 0.29) is 23.5 Å². The quantitative estimate of drug-likeness (QED) is 0.456. The van der Waals surface area contributed by atoms with Crippen molar-refractivity contribution in [2.75, 3.05) is 23.0 Å². The molecule has 0 radical (unpaired) electrons. The molecule has 2 aromatic heterocycles. The largest absolute Gasteiger partial charge is 0.289 e. The zero-order chi connectivity index (χ0) is 19.4. The average Bonchev–Trinajstić information content (AvgIpc) is 3.08. The number of rotatable bonds is 8. The molecule has 2 atom stereocenters. The number of terminal acetylenes is 1. The van der Waals surface area contributed by atoms with Crippen LogP contribution in [0.3, 0.4) is 0 Å². The van der Waals surface area contributed by atoms with Gasteiger partial charge in [0.1, 0.15) is 15.7 Å². The summed E-state index contributed by atoms with van der Waals surface area (Å²) in [5, 5.41) is 1.48. The van der Waals surface area contributed by atoms with Gasteiger partial charge in [0.2, 0.25) is 5.91 Å². The van der Waals surface area contributed by atoms with Crippen molar-refractivity contribution >= 4 is 45.6 Å². The van der Waals surface area contributed by atoms with Crippen molar-refractivity contribution in [1.29, 1.82) is 0 Å². The molecule has 0 saturated heterocycles. The number of carbonyl (C=O) groups is 1. The van der Waals surface area contributed by atoms with E-state index < -0.39 is 5.67 Å². The molecule has 4 nitrogen and oxygen atoms in total. The maximum Gasteiger partial charge on any atom is 0.229 e. The molecule has 142 valence electrons. The van der Waals surface area contributed by atoms with Crippen LogP contribution in [0.5, 0.6) is 0 Å². The van der Waals surface area contributed by atoms with E-state index in [0.29, 0.717) is 28.6 Å². The molecule has 1 saturated carbocycles. The highest BCUT2D eigenvalue weighted by molar-refractivity contribution is 7.99. The molecule has 1 aliphatic carbocycles. The molecule has 1 fully saturated rings. The monoisotopic (exact) mass is 423 g/mol. The summed E-state index contributed by atoms with van der Waals surface area (Å²) in [6.45, 7) is 1.76. The number of carbonyl (C=O) groups excluding carboxylic acids is 1. The highest BCUT2D eigenvalue weighted by Crippen LogP contribution is 2.48. The van der Waals surface area contributed by atoms with Crippen molar-refractivity contribution < 1.29 is 9.18 Å². The molecular weight excluding hydrogens is 405 g/mol. The third-order valence-electron chi connectivity index (χ3n) is 4.39. The Bertz CT molecular complexity index is 850. The summed E-state index contributed by atoms with van der Waals surface area (Å²) in [5.74, 6) is 3.87. The second kappa shape index (κ2) is 8.59. The molecule has 0 aliphatic heterocycles. The molecule has 2 unspecified atom stereocenters. The Kier molecular flexibility index (Phi) is 6.40. The van der Waals surface area contributed by atoms with Gasteiger partial charge in [0, 0.05) is 36.0 Å². The SMILES string of the molecule is C#CCN(C(=O)CCSCC1CC1(C)F)c1sc(-c2cccnc2)nc1Cl. The van der Waals surface area contributed by atoms with Crippen LogP contribution in [0.4, 0.5) is 9.39 Å². The number of thiazole rings is 1. The van der Waals surface area contributed by atoms with Crippen LogP contribution in [0.25, 0.3) is 10.6 Å². The zero-order valence-electron chi connectivity index (χ0n) is 14.8. The Morgan fingerprint density at radius 3 is 3.04 bits per heavy atom. The number of hydrogen-bond donors (Lipinski definition) is 0. The van der Waals surface area contributed by atoms with Gasteiger partial charge in [0.05, 0.1) is 6.54 Å². The van der Waals surface area contributed by atoms with E-state index in [2.05, 4.69) is 15.9 Å². The molecule has 1 amide bonds. The van der Waals surface area contributed by atoms with Gasteiger partial charge in [-0.3, -0.25) is 14.7 Å². The molecule has 0 bridgehead atoms. The smallest absolute Gasteiger partial charge is 0.229 e. The molecule has 8 heteroatoms. The summed E-state index contributed by atoms with van der Waals surface area (Å²) >= 11 is 9.19. The highest BCUT2D eigenvalue weighted by Gasteiger charge is 2.50. The standard InChI is InChI=1S/C19H19ClFN3OS2/c1-3-8-24(15(25)6-9-26-12-14-10-19(14,2)21)18-16(20)23-17(27-18)13-5-4-7-22-11-13/h1,4-5,7,11,14H,6,8-10,12H2,2H3. The number of anilines is 1. The lowest BCUT2D eigenvalue weighted by Crippen LogP contribution is -2.31. The second-order valence-electron chi connectivity index (χ2n) is 6.54. The van der Waals surface area contributed by atoms with Crippen LogP contribution in [0.2, 0.25) is 5.15 Å². The van der Waals surface area contributed by atoms with Crippen molar-refractivity contribution in [3.63, 3.8) is 0 Å². The lowest BCUT2D eigenvalue weighted by molar-refractivity contribution is -0.118. The Morgan fingerprint density at radius 2 is 2.41 bits per heavy atom. The first-order chi connectivity index (χ1) is 12.9. The maximum absolute atomic E-state index is 13.6. The lowest BCUT2D eigenvalue weighted by Gasteiger charge is -2.18. The Hall–Kier alpha value is -1.62. The van der Waals surface area contributed by atoms with Crippen molar-refractivity contribution in [2.45, 2.75) is 25.4 Å². The molecule has 1 aliphatic rings. The third kappa shape index (κ3) is 5.01. The second-order valence-corrected chi connectivity index (χ2v) is 9.03. The van der Waals surface area contributed by atoms with Crippen LogP contribution < -0.4 is 4.90 Å². The summed E-state index contributed by atoms with van der Waals surface area (Å²) in [5.41, 5.74) is -0.191. The van der Waals surface area contributed by atoms with Gasteiger partial charge in [-0.2, -0.15) is 11.8 Å². The van der Waals surface area contributed by atoms with Crippen LogP contribution in [0, 0.1) is 18.3 Å². The van der Waals surface area contributed by atoms with Gasteiger partial charge in [0.15, 0.2) is 5.15 Å². The molecule has 3 rings (SSSR count). The molecule has 2 heterocycles. The van der Waals surface area contributed by atoms with Crippen molar-refractivity contribution in [3.05, 3.63) is 29.7 Å².